The molecule has 132 valence electrons. The molecule has 2 heterocycles. The summed E-state index contributed by atoms with van der Waals surface area (Å²) in [5.74, 6) is 0.0114. The quantitative estimate of drug-likeness (QED) is 0.810. The smallest absolute Gasteiger partial charge is 0.222 e. The van der Waals surface area contributed by atoms with Crippen molar-refractivity contribution in [3.05, 3.63) is 0 Å². The highest BCUT2D eigenvalue weighted by molar-refractivity contribution is 5.77. The molecule has 0 aromatic rings. The van der Waals surface area contributed by atoms with Crippen molar-refractivity contribution in [3.63, 3.8) is 0 Å². The number of rotatable bonds is 5. The molecule has 1 saturated carbocycles. The van der Waals surface area contributed by atoms with E-state index in [1.54, 1.807) is 0 Å². The van der Waals surface area contributed by atoms with Crippen LogP contribution in [0, 0.1) is 0 Å². The summed E-state index contributed by atoms with van der Waals surface area (Å²) in [4.78, 5) is 14.9. The Kier molecular flexibility index (Phi) is 5.60. The van der Waals surface area contributed by atoms with Gasteiger partial charge in [0.2, 0.25) is 5.91 Å². The van der Waals surface area contributed by atoms with Crippen LogP contribution in [0.1, 0.15) is 64.2 Å². The number of hydrogen-bond acceptors (Lipinski definition) is 4. The van der Waals surface area contributed by atoms with E-state index in [1.165, 1.54) is 19.3 Å². The Labute approximate surface area is 139 Å². The number of amides is 1. The lowest BCUT2D eigenvalue weighted by Crippen LogP contribution is -2.59. The first-order valence-electron chi connectivity index (χ1n) is 9.44. The number of carbonyl (C=O) groups excluding carboxylic acids is 1. The number of likely N-dealkylation sites (tertiary alicyclic amines) is 1. The van der Waals surface area contributed by atoms with Crippen LogP contribution in [0.2, 0.25) is 0 Å². The third kappa shape index (κ3) is 4.25. The summed E-state index contributed by atoms with van der Waals surface area (Å²) in [6.45, 7) is 4.55. The number of aliphatic hydroxyl groups is 1. The second-order valence-electron chi connectivity index (χ2n) is 7.77. The van der Waals surface area contributed by atoms with E-state index in [0.717, 1.165) is 64.8 Å². The zero-order valence-corrected chi connectivity index (χ0v) is 14.3. The van der Waals surface area contributed by atoms with Crippen LogP contribution in [0.4, 0.5) is 0 Å². The fourth-order valence-electron chi connectivity index (χ4n) is 4.56. The van der Waals surface area contributed by atoms with Gasteiger partial charge in [-0.2, -0.15) is 0 Å². The van der Waals surface area contributed by atoms with Crippen molar-refractivity contribution in [2.24, 2.45) is 0 Å². The summed E-state index contributed by atoms with van der Waals surface area (Å²) in [5, 5.41) is 13.6. The van der Waals surface area contributed by atoms with Gasteiger partial charge in [-0.3, -0.25) is 9.69 Å². The third-order valence-corrected chi connectivity index (χ3v) is 6.09. The summed E-state index contributed by atoms with van der Waals surface area (Å²) in [6, 6.07) is 0. The molecule has 5 heteroatoms. The van der Waals surface area contributed by atoms with Gasteiger partial charge >= 0.3 is 0 Å². The van der Waals surface area contributed by atoms with Crippen molar-refractivity contribution >= 4 is 5.91 Å². The Morgan fingerprint density at radius 2 is 1.65 bits per heavy atom. The van der Waals surface area contributed by atoms with Crippen LogP contribution in [0.25, 0.3) is 0 Å². The van der Waals surface area contributed by atoms with Crippen LogP contribution < -0.4 is 5.32 Å². The Bertz CT molecular complexity index is 395. The van der Waals surface area contributed by atoms with Crippen LogP contribution in [0.15, 0.2) is 0 Å². The maximum Gasteiger partial charge on any atom is 0.222 e. The Morgan fingerprint density at radius 1 is 1.00 bits per heavy atom. The molecule has 2 aliphatic heterocycles. The lowest BCUT2D eigenvalue weighted by atomic mass is 9.86. The lowest BCUT2D eigenvalue weighted by molar-refractivity contribution is -0.127. The van der Waals surface area contributed by atoms with Crippen molar-refractivity contribution in [1.29, 1.82) is 0 Å². The fraction of sp³-hybridized carbons (Fsp3) is 0.944. The van der Waals surface area contributed by atoms with Crippen LogP contribution in [-0.2, 0) is 9.53 Å². The number of carbonyl (C=O) groups is 1. The first-order chi connectivity index (χ1) is 11.1. The molecule has 0 radical (unpaired) electrons. The van der Waals surface area contributed by atoms with Crippen molar-refractivity contribution in [3.8, 4) is 0 Å². The van der Waals surface area contributed by atoms with Crippen molar-refractivity contribution in [2.75, 3.05) is 32.8 Å². The second kappa shape index (κ2) is 7.49. The van der Waals surface area contributed by atoms with E-state index in [0.29, 0.717) is 6.54 Å². The normalized spacial score (nSPS) is 27.7. The topological polar surface area (TPSA) is 61.8 Å². The van der Waals surface area contributed by atoms with Gasteiger partial charge in [0.05, 0.1) is 12.0 Å². The highest BCUT2D eigenvalue weighted by Crippen LogP contribution is 2.33. The number of hydrogen-bond donors (Lipinski definition) is 2. The number of ether oxygens (including phenoxy) is 1. The molecule has 23 heavy (non-hydrogen) atoms. The molecule has 0 bridgehead atoms. The first-order valence-corrected chi connectivity index (χ1v) is 9.44. The first kappa shape index (κ1) is 17.2. The highest BCUT2D eigenvalue weighted by atomic mass is 16.5. The fourth-order valence-corrected chi connectivity index (χ4v) is 4.56. The molecule has 5 nitrogen and oxygen atoms in total. The minimum atomic E-state index is -0.752. The molecule has 3 fully saturated rings. The summed E-state index contributed by atoms with van der Waals surface area (Å²) in [7, 11) is 0. The Balaban J connectivity index is 1.56. The molecule has 1 aliphatic carbocycles. The van der Waals surface area contributed by atoms with E-state index in [9.17, 15) is 9.90 Å². The van der Waals surface area contributed by atoms with Gasteiger partial charge in [-0.25, -0.2) is 0 Å². The predicted octanol–water partition coefficient (Wildman–Crippen LogP) is 1.83. The van der Waals surface area contributed by atoms with Gasteiger partial charge in [-0.1, -0.05) is 19.3 Å². The van der Waals surface area contributed by atoms with Gasteiger partial charge in [0.15, 0.2) is 0 Å². The van der Waals surface area contributed by atoms with Gasteiger partial charge in [-0.15, -0.1) is 0 Å². The maximum absolute atomic E-state index is 12.4. The zero-order valence-electron chi connectivity index (χ0n) is 14.3. The molecule has 0 spiro atoms. The largest absolute Gasteiger partial charge is 0.389 e. The van der Waals surface area contributed by atoms with Gasteiger partial charge in [-0.05, 0) is 51.6 Å². The SMILES string of the molecule is O=C(CC1(O)CCCC1)NCC1(N2CCCCC2)CCOCC1. The molecule has 0 aromatic heterocycles. The van der Waals surface area contributed by atoms with Crippen LogP contribution in [-0.4, -0.2) is 59.9 Å². The van der Waals surface area contributed by atoms with E-state index in [4.69, 9.17) is 4.74 Å². The molecule has 0 atom stereocenters. The molecular formula is C18H32N2O3. The summed E-state index contributed by atoms with van der Waals surface area (Å²) < 4.78 is 5.57. The van der Waals surface area contributed by atoms with Gasteiger partial charge in [0.25, 0.3) is 0 Å². The van der Waals surface area contributed by atoms with Crippen LogP contribution >= 0.6 is 0 Å². The molecule has 2 saturated heterocycles. The van der Waals surface area contributed by atoms with Crippen molar-refractivity contribution in [2.45, 2.75) is 75.3 Å². The predicted molar refractivity (Wildman–Crippen MR) is 89.3 cm³/mol. The van der Waals surface area contributed by atoms with Gasteiger partial charge in [0.1, 0.15) is 0 Å². The summed E-state index contributed by atoms with van der Waals surface area (Å²) in [6.07, 6.45) is 9.72. The molecule has 0 unspecified atom stereocenters. The number of nitrogens with one attached hydrogen (secondary N) is 1. The molecule has 1 amide bonds. The van der Waals surface area contributed by atoms with E-state index in [2.05, 4.69) is 10.2 Å². The average molecular weight is 324 g/mol. The minimum Gasteiger partial charge on any atom is -0.389 e. The second-order valence-corrected chi connectivity index (χ2v) is 7.77. The van der Waals surface area contributed by atoms with E-state index >= 15 is 0 Å². The zero-order chi connectivity index (χ0) is 16.2. The highest BCUT2D eigenvalue weighted by Gasteiger charge is 2.40. The van der Waals surface area contributed by atoms with Crippen molar-refractivity contribution in [1.82, 2.24) is 10.2 Å². The average Bonchev–Trinajstić information content (AvgIpc) is 3.01. The molecule has 3 rings (SSSR count). The molecular weight excluding hydrogens is 292 g/mol. The van der Waals surface area contributed by atoms with E-state index in [-0.39, 0.29) is 17.9 Å². The van der Waals surface area contributed by atoms with Crippen LogP contribution in [0.5, 0.6) is 0 Å². The number of piperidine rings is 1. The Morgan fingerprint density at radius 3 is 2.30 bits per heavy atom. The lowest BCUT2D eigenvalue weighted by Gasteiger charge is -2.48. The van der Waals surface area contributed by atoms with Gasteiger partial charge in [0, 0.05) is 25.3 Å². The Hall–Kier alpha value is -0.650. The molecule has 3 aliphatic rings. The summed E-state index contributed by atoms with van der Waals surface area (Å²) in [5.41, 5.74) is -0.690. The minimum absolute atomic E-state index is 0.0114. The molecule has 0 aromatic carbocycles. The molecule has 2 N–H and O–H groups in total. The monoisotopic (exact) mass is 324 g/mol. The van der Waals surface area contributed by atoms with Crippen LogP contribution in [0.3, 0.4) is 0 Å². The third-order valence-electron chi connectivity index (χ3n) is 6.09. The standard InChI is InChI=1S/C18H32N2O3/c21-16(14-18(22)6-2-3-7-18)19-15-17(8-12-23-13-9-17)20-10-4-1-5-11-20/h22H,1-15H2,(H,19,21). The van der Waals surface area contributed by atoms with Gasteiger partial charge < -0.3 is 15.2 Å². The van der Waals surface area contributed by atoms with Crippen molar-refractivity contribution < 1.29 is 14.6 Å². The summed E-state index contributed by atoms with van der Waals surface area (Å²) >= 11 is 0. The van der Waals surface area contributed by atoms with E-state index < -0.39 is 5.60 Å². The number of nitrogens with zero attached hydrogens (tertiary/aromatic N) is 1. The maximum atomic E-state index is 12.4. The van der Waals surface area contributed by atoms with E-state index in [1.807, 2.05) is 0 Å².